The van der Waals surface area contributed by atoms with E-state index in [-0.39, 0.29) is 0 Å². The molecule has 0 aliphatic heterocycles. The standard InChI is InChI=1S/C14H38O5Si4/c1-13(22(11,15-3)16-4)20(7,8)19-21(9,10)14(2)23(12,17-5)18-6/h13-14H,1-12H3. The maximum Gasteiger partial charge on any atom is 0.336 e. The molecule has 23 heavy (non-hydrogen) atoms. The summed E-state index contributed by atoms with van der Waals surface area (Å²) in [7, 11) is -1.45. The first-order valence-corrected chi connectivity index (χ1v) is 18.9. The molecule has 0 aromatic carbocycles. The minimum Gasteiger partial charge on any atom is -0.455 e. The second-order valence-corrected chi connectivity index (χ2v) is 25.1. The third-order valence-electron chi connectivity index (χ3n) is 5.81. The van der Waals surface area contributed by atoms with Crippen molar-refractivity contribution in [3.63, 3.8) is 0 Å². The summed E-state index contributed by atoms with van der Waals surface area (Å²) in [5.41, 5.74) is 0. The van der Waals surface area contributed by atoms with Gasteiger partial charge >= 0.3 is 17.1 Å². The first-order chi connectivity index (χ1) is 10.3. The molecule has 0 aromatic heterocycles. The number of hydrogen-bond donors (Lipinski definition) is 0. The van der Waals surface area contributed by atoms with E-state index in [1.54, 1.807) is 28.4 Å². The highest BCUT2D eigenvalue weighted by molar-refractivity contribution is 6.98. The molecule has 0 spiro atoms. The fourth-order valence-electron chi connectivity index (χ4n) is 2.99. The van der Waals surface area contributed by atoms with Crippen LogP contribution in [0.25, 0.3) is 0 Å². The second kappa shape index (κ2) is 8.37. The van der Waals surface area contributed by atoms with Crippen LogP contribution < -0.4 is 0 Å². The van der Waals surface area contributed by atoms with E-state index in [9.17, 15) is 0 Å². The molecule has 0 aliphatic carbocycles. The molecule has 140 valence electrons. The van der Waals surface area contributed by atoms with Gasteiger partial charge in [-0.15, -0.1) is 0 Å². The van der Waals surface area contributed by atoms with Crippen LogP contribution in [0.2, 0.25) is 49.6 Å². The lowest BCUT2D eigenvalue weighted by Crippen LogP contribution is -2.60. The molecule has 0 saturated carbocycles. The van der Waals surface area contributed by atoms with Crippen LogP contribution in [-0.2, 0) is 21.8 Å². The van der Waals surface area contributed by atoms with E-state index in [4.69, 9.17) is 21.8 Å². The van der Waals surface area contributed by atoms with Crippen LogP contribution in [0.1, 0.15) is 13.8 Å². The normalized spacial score (nSPS) is 17.2. The summed E-state index contributed by atoms with van der Waals surface area (Å²) in [4.78, 5) is 0. The molecule has 0 N–H and O–H groups in total. The van der Waals surface area contributed by atoms with Crippen LogP contribution in [-0.4, -0.2) is 62.2 Å². The van der Waals surface area contributed by atoms with Gasteiger partial charge in [-0.2, -0.15) is 0 Å². The molecular formula is C14H38O5Si4. The Morgan fingerprint density at radius 3 is 0.913 bits per heavy atom. The number of hydrogen-bond acceptors (Lipinski definition) is 5. The van der Waals surface area contributed by atoms with Gasteiger partial charge in [0.05, 0.1) is 0 Å². The molecule has 0 amide bonds. The van der Waals surface area contributed by atoms with Crippen molar-refractivity contribution in [1.82, 2.24) is 0 Å². The SMILES string of the molecule is CO[Si](C)(OC)C(C)[Si](C)(C)O[Si](C)(C)C(C)[Si](C)(OC)OC. The van der Waals surface area contributed by atoms with Crippen molar-refractivity contribution in [3.05, 3.63) is 0 Å². The molecule has 0 fully saturated rings. The maximum absolute atomic E-state index is 6.88. The molecule has 5 nitrogen and oxygen atoms in total. The Balaban J connectivity index is 5.42. The Bertz CT molecular complexity index is 336. The van der Waals surface area contributed by atoms with Gasteiger partial charge in [0.1, 0.15) is 0 Å². The molecule has 0 saturated heterocycles. The van der Waals surface area contributed by atoms with Gasteiger partial charge in [-0.1, -0.05) is 13.8 Å². The average molecular weight is 399 g/mol. The fraction of sp³-hybridized carbons (Fsp3) is 1.00. The molecule has 0 aromatic rings. The van der Waals surface area contributed by atoms with Gasteiger partial charge in [0.25, 0.3) is 0 Å². The molecule has 0 heterocycles. The summed E-state index contributed by atoms with van der Waals surface area (Å²) in [6, 6.07) is 0. The summed E-state index contributed by atoms with van der Waals surface area (Å²) in [6.07, 6.45) is 0. The van der Waals surface area contributed by atoms with E-state index in [1.165, 1.54) is 0 Å². The van der Waals surface area contributed by atoms with Crippen LogP contribution in [0.15, 0.2) is 0 Å². The summed E-state index contributed by atoms with van der Waals surface area (Å²) in [6.45, 7) is 17.8. The van der Waals surface area contributed by atoms with Gasteiger partial charge in [-0.05, 0) is 39.3 Å². The lowest BCUT2D eigenvalue weighted by molar-refractivity contribution is 0.242. The minimum atomic E-state index is -2.23. The van der Waals surface area contributed by atoms with E-state index in [0.717, 1.165) is 0 Å². The quantitative estimate of drug-likeness (QED) is 0.520. The topological polar surface area (TPSA) is 46.2 Å². The summed E-state index contributed by atoms with van der Waals surface area (Å²) in [5, 5.41) is 0.643. The van der Waals surface area contributed by atoms with Crippen LogP contribution in [0.4, 0.5) is 0 Å². The molecule has 0 bridgehead atoms. The molecule has 0 rings (SSSR count). The lowest BCUT2D eigenvalue weighted by Gasteiger charge is -2.46. The summed E-state index contributed by atoms with van der Waals surface area (Å²) < 4.78 is 29.9. The molecular weight excluding hydrogens is 360 g/mol. The van der Waals surface area contributed by atoms with Gasteiger partial charge in [-0.25, -0.2) is 0 Å². The highest BCUT2D eigenvalue weighted by atomic mass is 28.5. The first-order valence-electron chi connectivity index (χ1n) is 8.17. The summed E-state index contributed by atoms with van der Waals surface area (Å²) >= 11 is 0. The monoisotopic (exact) mass is 398 g/mol. The van der Waals surface area contributed by atoms with Gasteiger partial charge in [0.15, 0.2) is 16.6 Å². The third-order valence-corrected chi connectivity index (χ3v) is 27.9. The zero-order chi connectivity index (χ0) is 18.7. The fourth-order valence-corrected chi connectivity index (χ4v) is 24.2. The van der Waals surface area contributed by atoms with Crippen molar-refractivity contribution >= 4 is 33.8 Å². The molecule has 2 atom stereocenters. The molecule has 0 aliphatic rings. The van der Waals surface area contributed by atoms with Crippen LogP contribution in [0, 0.1) is 0 Å². The highest BCUT2D eigenvalue weighted by Gasteiger charge is 2.54. The highest BCUT2D eigenvalue weighted by Crippen LogP contribution is 2.40. The summed E-state index contributed by atoms with van der Waals surface area (Å²) in [5.74, 6) is 0. The van der Waals surface area contributed by atoms with E-state index in [2.05, 4.69) is 53.1 Å². The van der Waals surface area contributed by atoms with Crippen LogP contribution in [0.3, 0.4) is 0 Å². The van der Waals surface area contributed by atoms with Crippen molar-refractivity contribution in [2.75, 3.05) is 28.4 Å². The van der Waals surface area contributed by atoms with Crippen molar-refractivity contribution in [3.8, 4) is 0 Å². The van der Waals surface area contributed by atoms with Crippen molar-refractivity contribution in [2.45, 2.75) is 63.5 Å². The zero-order valence-corrected chi connectivity index (χ0v) is 21.2. The molecule has 9 heteroatoms. The van der Waals surface area contributed by atoms with E-state index in [0.29, 0.717) is 10.3 Å². The Morgan fingerprint density at radius 2 is 0.739 bits per heavy atom. The van der Waals surface area contributed by atoms with E-state index < -0.39 is 33.8 Å². The van der Waals surface area contributed by atoms with E-state index >= 15 is 0 Å². The van der Waals surface area contributed by atoms with Crippen molar-refractivity contribution in [1.29, 1.82) is 0 Å². The van der Waals surface area contributed by atoms with Gasteiger partial charge < -0.3 is 21.8 Å². The first kappa shape index (κ1) is 23.7. The Labute approximate surface area is 147 Å². The average Bonchev–Trinajstić information content (AvgIpc) is 2.50. The molecule has 2 unspecified atom stereocenters. The minimum absolute atomic E-state index is 0.321. The predicted octanol–water partition coefficient (Wildman–Crippen LogP) is 4.00. The second-order valence-electron chi connectivity index (χ2n) is 7.60. The Morgan fingerprint density at radius 1 is 0.522 bits per heavy atom. The third kappa shape index (κ3) is 5.32. The van der Waals surface area contributed by atoms with Crippen molar-refractivity contribution < 1.29 is 21.8 Å². The van der Waals surface area contributed by atoms with Crippen LogP contribution in [0.5, 0.6) is 0 Å². The Kier molecular flexibility index (Phi) is 8.61. The molecule has 0 radical (unpaired) electrons. The Hall–Kier alpha value is 0.668. The van der Waals surface area contributed by atoms with Gasteiger partial charge in [0.2, 0.25) is 0 Å². The predicted molar refractivity (Wildman–Crippen MR) is 106 cm³/mol. The maximum atomic E-state index is 6.88. The van der Waals surface area contributed by atoms with E-state index in [1.807, 2.05) is 0 Å². The van der Waals surface area contributed by atoms with Crippen molar-refractivity contribution in [2.24, 2.45) is 0 Å². The largest absolute Gasteiger partial charge is 0.455 e. The number of rotatable bonds is 10. The van der Waals surface area contributed by atoms with Crippen LogP contribution >= 0.6 is 0 Å². The lowest BCUT2D eigenvalue weighted by atomic mass is 10.9. The van der Waals surface area contributed by atoms with Gasteiger partial charge in [0, 0.05) is 38.8 Å². The van der Waals surface area contributed by atoms with Gasteiger partial charge in [-0.3, -0.25) is 0 Å². The zero-order valence-electron chi connectivity index (χ0n) is 17.2. The smallest absolute Gasteiger partial charge is 0.336 e.